The van der Waals surface area contributed by atoms with Crippen molar-refractivity contribution in [2.24, 2.45) is 5.92 Å². The average Bonchev–Trinajstić information content (AvgIpc) is 2.89. The van der Waals surface area contributed by atoms with E-state index in [0.717, 1.165) is 43.7 Å². The van der Waals surface area contributed by atoms with Crippen LogP contribution in [0.15, 0.2) is 30.6 Å². The number of hydrogen-bond donors (Lipinski definition) is 1. The predicted molar refractivity (Wildman–Crippen MR) is 95.0 cm³/mol. The molecular formula is C19H23N5O2. The number of amides is 2. The summed E-state index contributed by atoms with van der Waals surface area (Å²) in [5.41, 5.74) is 2.45. The SMILES string of the molecule is O=C(NCc1cc2n(n1)CCCN(C(=O)C1CCC1)C2)c1ccncc1. The second-order valence-corrected chi connectivity index (χ2v) is 7.01. The molecule has 0 radical (unpaired) electrons. The topological polar surface area (TPSA) is 80.1 Å². The van der Waals surface area contributed by atoms with Crippen molar-refractivity contribution < 1.29 is 9.59 Å². The molecule has 2 aliphatic rings. The highest BCUT2D eigenvalue weighted by Gasteiger charge is 2.30. The number of aromatic nitrogens is 3. The quantitative estimate of drug-likeness (QED) is 0.908. The molecule has 7 heteroatoms. The minimum Gasteiger partial charge on any atom is -0.346 e. The van der Waals surface area contributed by atoms with Gasteiger partial charge in [0.25, 0.3) is 5.91 Å². The predicted octanol–water partition coefficient (Wildman–Crippen LogP) is 1.74. The van der Waals surface area contributed by atoms with Gasteiger partial charge in [-0.2, -0.15) is 5.10 Å². The first kappa shape index (κ1) is 16.8. The molecule has 1 saturated carbocycles. The summed E-state index contributed by atoms with van der Waals surface area (Å²) in [6.45, 7) is 2.59. The molecule has 0 aromatic carbocycles. The minimum atomic E-state index is -0.141. The lowest BCUT2D eigenvalue weighted by Crippen LogP contribution is -2.38. The normalized spacial score (nSPS) is 17.2. The van der Waals surface area contributed by atoms with E-state index in [-0.39, 0.29) is 11.8 Å². The van der Waals surface area contributed by atoms with Gasteiger partial charge < -0.3 is 10.2 Å². The van der Waals surface area contributed by atoms with Crippen LogP contribution in [-0.2, 0) is 24.4 Å². The Morgan fingerprint density at radius 3 is 2.69 bits per heavy atom. The average molecular weight is 353 g/mol. The molecule has 1 aliphatic heterocycles. The largest absolute Gasteiger partial charge is 0.346 e. The van der Waals surface area contributed by atoms with Crippen molar-refractivity contribution in [1.82, 2.24) is 25.0 Å². The molecule has 4 rings (SSSR count). The third kappa shape index (κ3) is 3.47. The standard InChI is InChI=1S/C19H23N5O2/c25-18(14-5-7-20-8-6-14)21-12-16-11-17-13-23(9-2-10-24(17)22-16)19(26)15-3-1-4-15/h5-8,11,15H,1-4,9-10,12-13H2,(H,21,25). The van der Waals surface area contributed by atoms with Crippen LogP contribution in [0.25, 0.3) is 0 Å². The van der Waals surface area contributed by atoms with Gasteiger partial charge in [-0.15, -0.1) is 0 Å². The Kier molecular flexibility index (Phi) is 4.69. The molecule has 136 valence electrons. The number of carbonyl (C=O) groups excluding carboxylic acids is 2. The van der Waals surface area contributed by atoms with Crippen LogP contribution in [-0.4, -0.2) is 38.0 Å². The number of rotatable bonds is 4. The highest BCUT2D eigenvalue weighted by Crippen LogP contribution is 2.29. The number of aryl methyl sites for hydroxylation is 1. The number of nitrogens with zero attached hydrogens (tertiary/aromatic N) is 4. The molecule has 3 heterocycles. The Morgan fingerprint density at radius 1 is 1.15 bits per heavy atom. The minimum absolute atomic E-state index is 0.141. The second kappa shape index (κ2) is 7.27. The summed E-state index contributed by atoms with van der Waals surface area (Å²) in [4.78, 5) is 30.6. The molecule has 0 bridgehead atoms. The van der Waals surface area contributed by atoms with E-state index >= 15 is 0 Å². The third-order valence-electron chi connectivity index (χ3n) is 5.20. The van der Waals surface area contributed by atoms with E-state index in [2.05, 4.69) is 15.4 Å². The van der Waals surface area contributed by atoms with Crippen molar-refractivity contribution in [3.63, 3.8) is 0 Å². The monoisotopic (exact) mass is 353 g/mol. The van der Waals surface area contributed by atoms with Crippen molar-refractivity contribution in [2.45, 2.75) is 45.3 Å². The third-order valence-corrected chi connectivity index (χ3v) is 5.20. The molecule has 2 aromatic rings. The van der Waals surface area contributed by atoms with Crippen molar-refractivity contribution in [3.8, 4) is 0 Å². The first-order valence-corrected chi connectivity index (χ1v) is 9.23. The van der Waals surface area contributed by atoms with E-state index in [1.165, 1.54) is 6.42 Å². The molecule has 2 amide bonds. The van der Waals surface area contributed by atoms with Crippen LogP contribution >= 0.6 is 0 Å². The summed E-state index contributed by atoms with van der Waals surface area (Å²) < 4.78 is 1.97. The fraction of sp³-hybridized carbons (Fsp3) is 0.474. The Balaban J connectivity index is 1.40. The van der Waals surface area contributed by atoms with Crippen LogP contribution in [0.5, 0.6) is 0 Å². The van der Waals surface area contributed by atoms with Crippen molar-refractivity contribution in [3.05, 3.63) is 47.5 Å². The van der Waals surface area contributed by atoms with Crippen LogP contribution in [0.3, 0.4) is 0 Å². The van der Waals surface area contributed by atoms with Crippen LogP contribution in [0.4, 0.5) is 0 Å². The van der Waals surface area contributed by atoms with E-state index in [0.29, 0.717) is 24.6 Å². The zero-order valence-electron chi connectivity index (χ0n) is 14.7. The van der Waals surface area contributed by atoms with Gasteiger partial charge in [0.2, 0.25) is 5.91 Å². The molecular weight excluding hydrogens is 330 g/mol. The van der Waals surface area contributed by atoms with Gasteiger partial charge in [0, 0.05) is 37.0 Å². The summed E-state index contributed by atoms with van der Waals surface area (Å²) in [6, 6.07) is 5.36. The van der Waals surface area contributed by atoms with Gasteiger partial charge in [-0.3, -0.25) is 19.3 Å². The molecule has 7 nitrogen and oxygen atoms in total. The van der Waals surface area contributed by atoms with Crippen LogP contribution < -0.4 is 5.32 Å². The summed E-state index contributed by atoms with van der Waals surface area (Å²) in [5.74, 6) is 0.374. The van der Waals surface area contributed by atoms with Gasteiger partial charge in [-0.25, -0.2) is 0 Å². The number of pyridine rings is 1. The molecule has 0 spiro atoms. The van der Waals surface area contributed by atoms with Crippen molar-refractivity contribution in [2.75, 3.05) is 6.54 Å². The zero-order chi connectivity index (χ0) is 17.9. The van der Waals surface area contributed by atoms with E-state index in [4.69, 9.17) is 0 Å². The van der Waals surface area contributed by atoms with Crippen LogP contribution in [0.1, 0.15) is 47.4 Å². The first-order valence-electron chi connectivity index (χ1n) is 9.23. The second-order valence-electron chi connectivity index (χ2n) is 7.01. The maximum Gasteiger partial charge on any atom is 0.251 e. The summed E-state index contributed by atoms with van der Waals surface area (Å²) >= 11 is 0. The number of hydrogen-bond acceptors (Lipinski definition) is 4. The Hall–Kier alpha value is -2.70. The summed E-state index contributed by atoms with van der Waals surface area (Å²) in [6.07, 6.45) is 7.34. The molecule has 0 unspecified atom stereocenters. The molecule has 1 fully saturated rings. The molecule has 2 aromatic heterocycles. The van der Waals surface area contributed by atoms with Gasteiger partial charge >= 0.3 is 0 Å². The Labute approximate surface area is 152 Å². The maximum absolute atomic E-state index is 12.6. The number of fused-ring (bicyclic) bond motifs is 1. The van der Waals surface area contributed by atoms with Crippen LogP contribution in [0, 0.1) is 5.92 Å². The number of carbonyl (C=O) groups is 2. The molecule has 26 heavy (non-hydrogen) atoms. The zero-order valence-corrected chi connectivity index (χ0v) is 14.7. The molecule has 1 aliphatic carbocycles. The van der Waals surface area contributed by atoms with E-state index in [1.807, 2.05) is 15.6 Å². The highest BCUT2D eigenvalue weighted by atomic mass is 16.2. The molecule has 0 saturated heterocycles. The Bertz CT molecular complexity index is 798. The fourth-order valence-electron chi connectivity index (χ4n) is 3.49. The Morgan fingerprint density at radius 2 is 1.96 bits per heavy atom. The van der Waals surface area contributed by atoms with Crippen molar-refractivity contribution >= 4 is 11.8 Å². The molecule has 0 atom stereocenters. The van der Waals surface area contributed by atoms with Crippen LogP contribution in [0.2, 0.25) is 0 Å². The van der Waals surface area contributed by atoms with Gasteiger partial charge in [-0.05, 0) is 37.5 Å². The van der Waals surface area contributed by atoms with Gasteiger partial charge in [0.1, 0.15) is 0 Å². The van der Waals surface area contributed by atoms with E-state index < -0.39 is 0 Å². The van der Waals surface area contributed by atoms with Gasteiger partial charge in [0.15, 0.2) is 0 Å². The lowest BCUT2D eigenvalue weighted by atomic mass is 9.84. The fourth-order valence-corrected chi connectivity index (χ4v) is 3.49. The summed E-state index contributed by atoms with van der Waals surface area (Å²) in [7, 11) is 0. The van der Waals surface area contributed by atoms with Crippen molar-refractivity contribution in [1.29, 1.82) is 0 Å². The molecule has 1 N–H and O–H groups in total. The lowest BCUT2D eigenvalue weighted by Gasteiger charge is -2.30. The summed E-state index contributed by atoms with van der Waals surface area (Å²) in [5, 5.41) is 7.49. The first-order chi connectivity index (χ1) is 12.7. The lowest BCUT2D eigenvalue weighted by molar-refractivity contribution is -0.138. The maximum atomic E-state index is 12.6. The van der Waals surface area contributed by atoms with Gasteiger partial charge in [-0.1, -0.05) is 6.42 Å². The van der Waals surface area contributed by atoms with E-state index in [1.54, 1.807) is 24.5 Å². The van der Waals surface area contributed by atoms with E-state index in [9.17, 15) is 9.59 Å². The van der Waals surface area contributed by atoms with Gasteiger partial charge in [0.05, 0.1) is 24.5 Å². The number of nitrogens with one attached hydrogen (secondary N) is 1. The highest BCUT2D eigenvalue weighted by molar-refractivity contribution is 5.93. The smallest absolute Gasteiger partial charge is 0.251 e.